The summed E-state index contributed by atoms with van der Waals surface area (Å²) in [6, 6.07) is 7.31. The van der Waals surface area contributed by atoms with Crippen LogP contribution in [0.4, 0.5) is 0 Å². The molecule has 24 heavy (non-hydrogen) atoms. The Balaban J connectivity index is 1.74. The minimum absolute atomic E-state index is 0.103. The third kappa shape index (κ3) is 3.52. The van der Waals surface area contributed by atoms with Gasteiger partial charge in [-0.2, -0.15) is 0 Å². The average molecular weight is 348 g/mol. The van der Waals surface area contributed by atoms with E-state index >= 15 is 0 Å². The highest BCUT2D eigenvalue weighted by atomic mass is 35.5. The van der Waals surface area contributed by atoms with Gasteiger partial charge in [0.15, 0.2) is 5.69 Å². The van der Waals surface area contributed by atoms with E-state index in [1.807, 2.05) is 18.2 Å². The number of rotatable bonds is 3. The van der Waals surface area contributed by atoms with Crippen molar-refractivity contribution in [1.82, 2.24) is 14.9 Å². The Morgan fingerprint density at radius 2 is 2.00 bits per heavy atom. The van der Waals surface area contributed by atoms with Crippen LogP contribution < -0.4 is 0 Å². The van der Waals surface area contributed by atoms with Crippen LogP contribution in [0.1, 0.15) is 32.6 Å². The number of nitrogens with zero attached hydrogens (tertiary/aromatic N) is 3. The predicted octanol–water partition coefficient (Wildman–Crippen LogP) is 2.04. The molecule has 1 amide bonds. The van der Waals surface area contributed by atoms with Crippen LogP contribution in [0.5, 0.6) is 0 Å². The fourth-order valence-corrected chi connectivity index (χ4v) is 2.65. The van der Waals surface area contributed by atoms with Gasteiger partial charge in [0.05, 0.1) is 25.5 Å². The number of hydrogen-bond donors (Lipinski definition) is 1. The van der Waals surface area contributed by atoms with E-state index in [0.29, 0.717) is 24.7 Å². The Morgan fingerprint density at radius 3 is 2.67 bits per heavy atom. The second-order valence-electron chi connectivity index (χ2n) is 5.26. The molecule has 1 aromatic carbocycles. The van der Waals surface area contributed by atoms with Gasteiger partial charge in [-0.1, -0.05) is 23.7 Å². The van der Waals surface area contributed by atoms with E-state index in [2.05, 4.69) is 9.97 Å². The molecule has 7 nitrogen and oxygen atoms in total. The van der Waals surface area contributed by atoms with Crippen LogP contribution in [-0.4, -0.2) is 51.5 Å². The molecule has 1 saturated heterocycles. The van der Waals surface area contributed by atoms with Gasteiger partial charge in [0.25, 0.3) is 5.91 Å². The van der Waals surface area contributed by atoms with Crippen molar-refractivity contribution in [3.8, 4) is 0 Å². The number of aromatic nitrogens is 2. The second-order valence-corrected chi connectivity index (χ2v) is 5.69. The Morgan fingerprint density at radius 1 is 1.25 bits per heavy atom. The van der Waals surface area contributed by atoms with Crippen molar-refractivity contribution in [3.63, 3.8) is 0 Å². The van der Waals surface area contributed by atoms with Gasteiger partial charge in [-0.15, -0.1) is 0 Å². The number of ether oxygens (including phenoxy) is 1. The summed E-state index contributed by atoms with van der Waals surface area (Å²) in [5.74, 6) is -1.50. The molecule has 3 rings (SSSR count). The monoisotopic (exact) mass is 347 g/mol. The van der Waals surface area contributed by atoms with Gasteiger partial charge in [-0.05, 0) is 17.7 Å². The Hall–Kier alpha value is -2.51. The van der Waals surface area contributed by atoms with Crippen molar-refractivity contribution in [1.29, 1.82) is 0 Å². The molecule has 124 valence electrons. The molecule has 1 fully saturated rings. The number of hydrogen-bond acceptors (Lipinski definition) is 5. The van der Waals surface area contributed by atoms with Crippen molar-refractivity contribution in [2.24, 2.45) is 0 Å². The molecule has 1 aliphatic heterocycles. The average Bonchev–Trinajstić information content (AvgIpc) is 2.61. The summed E-state index contributed by atoms with van der Waals surface area (Å²) < 4.78 is 5.72. The number of carboxylic acids is 1. The molecule has 2 heterocycles. The van der Waals surface area contributed by atoms with Crippen LogP contribution in [-0.2, 0) is 4.74 Å². The van der Waals surface area contributed by atoms with Crippen molar-refractivity contribution in [2.75, 3.05) is 19.7 Å². The third-order valence-corrected chi connectivity index (χ3v) is 3.90. The maximum atomic E-state index is 12.5. The molecule has 0 spiro atoms. The van der Waals surface area contributed by atoms with E-state index in [1.165, 1.54) is 6.20 Å². The van der Waals surface area contributed by atoms with Gasteiger partial charge in [0.2, 0.25) is 0 Å². The SMILES string of the molecule is O=C(O)c1cnc(C(=O)N2CCOC(c3cccc(Cl)c3)C2)cn1. The lowest BCUT2D eigenvalue weighted by Crippen LogP contribution is -2.42. The molecule has 0 aliphatic carbocycles. The highest BCUT2D eigenvalue weighted by molar-refractivity contribution is 6.30. The fraction of sp³-hybridized carbons (Fsp3) is 0.250. The molecule has 1 atom stereocenters. The number of amides is 1. The van der Waals surface area contributed by atoms with E-state index < -0.39 is 5.97 Å². The second kappa shape index (κ2) is 6.94. The Labute approximate surface area is 142 Å². The largest absolute Gasteiger partial charge is 0.476 e. The fourth-order valence-electron chi connectivity index (χ4n) is 2.45. The van der Waals surface area contributed by atoms with Gasteiger partial charge < -0.3 is 14.7 Å². The molecule has 0 radical (unpaired) electrons. The molecule has 1 N–H and O–H groups in total. The first-order valence-electron chi connectivity index (χ1n) is 7.26. The molecule has 0 saturated carbocycles. The minimum Gasteiger partial charge on any atom is -0.476 e. The van der Waals surface area contributed by atoms with E-state index in [1.54, 1.807) is 11.0 Å². The number of aromatic carboxylic acids is 1. The van der Waals surface area contributed by atoms with Crippen molar-refractivity contribution < 1.29 is 19.4 Å². The lowest BCUT2D eigenvalue weighted by Gasteiger charge is -2.33. The summed E-state index contributed by atoms with van der Waals surface area (Å²) in [6.07, 6.45) is 1.98. The van der Waals surface area contributed by atoms with Gasteiger partial charge in [-0.3, -0.25) is 4.79 Å². The highest BCUT2D eigenvalue weighted by Gasteiger charge is 2.27. The van der Waals surface area contributed by atoms with Crippen LogP contribution in [0, 0.1) is 0 Å². The minimum atomic E-state index is -1.19. The summed E-state index contributed by atoms with van der Waals surface area (Å²) in [4.78, 5) is 32.5. The first kappa shape index (κ1) is 16.4. The topological polar surface area (TPSA) is 92.6 Å². The van der Waals surface area contributed by atoms with Crippen molar-refractivity contribution in [3.05, 3.63) is 58.6 Å². The maximum absolute atomic E-state index is 12.5. The van der Waals surface area contributed by atoms with E-state index in [0.717, 1.165) is 11.8 Å². The van der Waals surface area contributed by atoms with Crippen LogP contribution in [0.2, 0.25) is 5.02 Å². The Kier molecular flexibility index (Phi) is 4.73. The van der Waals surface area contributed by atoms with Crippen molar-refractivity contribution in [2.45, 2.75) is 6.10 Å². The maximum Gasteiger partial charge on any atom is 0.356 e. The van der Waals surface area contributed by atoms with Crippen LogP contribution in [0.3, 0.4) is 0 Å². The van der Waals surface area contributed by atoms with Crippen molar-refractivity contribution >= 4 is 23.5 Å². The van der Waals surface area contributed by atoms with E-state index in [9.17, 15) is 9.59 Å². The van der Waals surface area contributed by atoms with Gasteiger partial charge >= 0.3 is 5.97 Å². The Bertz CT molecular complexity index is 766. The molecule has 1 unspecified atom stereocenters. The number of carboxylic acid groups (broad SMARTS) is 1. The number of benzene rings is 1. The standard InChI is InChI=1S/C16H14ClN3O4/c17-11-3-1-2-10(6-11)14-9-20(4-5-24-14)15(21)12-7-19-13(8-18-12)16(22)23/h1-3,6-8,14H,4-5,9H2,(H,22,23). The zero-order valence-electron chi connectivity index (χ0n) is 12.6. The smallest absolute Gasteiger partial charge is 0.356 e. The lowest BCUT2D eigenvalue weighted by molar-refractivity contribution is -0.0230. The third-order valence-electron chi connectivity index (χ3n) is 3.66. The predicted molar refractivity (Wildman–Crippen MR) is 85.0 cm³/mol. The first-order chi connectivity index (χ1) is 11.5. The highest BCUT2D eigenvalue weighted by Crippen LogP contribution is 2.25. The summed E-state index contributed by atoms with van der Waals surface area (Å²) in [7, 11) is 0. The summed E-state index contributed by atoms with van der Waals surface area (Å²) in [5, 5.41) is 9.43. The van der Waals surface area contributed by atoms with Gasteiger partial charge in [0, 0.05) is 11.6 Å². The molecule has 2 aromatic rings. The number of carbonyl (C=O) groups excluding carboxylic acids is 1. The normalized spacial score (nSPS) is 17.5. The molecule has 0 bridgehead atoms. The zero-order chi connectivity index (χ0) is 17.1. The summed E-state index contributed by atoms with van der Waals surface area (Å²) in [5.41, 5.74) is 0.796. The number of morpholine rings is 1. The molecule has 1 aromatic heterocycles. The zero-order valence-corrected chi connectivity index (χ0v) is 13.3. The van der Waals surface area contributed by atoms with Gasteiger partial charge in [0.1, 0.15) is 11.8 Å². The molecular weight excluding hydrogens is 334 g/mol. The molecule has 1 aliphatic rings. The van der Waals surface area contributed by atoms with Gasteiger partial charge in [-0.25, -0.2) is 14.8 Å². The quantitative estimate of drug-likeness (QED) is 0.913. The number of halogens is 1. The first-order valence-corrected chi connectivity index (χ1v) is 7.64. The van der Waals surface area contributed by atoms with E-state index in [-0.39, 0.29) is 23.4 Å². The summed E-state index contributed by atoms with van der Waals surface area (Å²) in [6.45, 7) is 1.18. The van der Waals surface area contributed by atoms with Crippen LogP contribution >= 0.6 is 11.6 Å². The molecular formula is C16H14ClN3O4. The summed E-state index contributed by atoms with van der Waals surface area (Å²) >= 11 is 6.00. The van der Waals surface area contributed by atoms with Crippen LogP contribution in [0.25, 0.3) is 0 Å². The molecule has 8 heteroatoms. The lowest BCUT2D eigenvalue weighted by atomic mass is 10.1. The van der Waals surface area contributed by atoms with Crippen LogP contribution in [0.15, 0.2) is 36.7 Å². The van der Waals surface area contributed by atoms with E-state index in [4.69, 9.17) is 21.4 Å². The number of carbonyl (C=O) groups is 2.